The summed E-state index contributed by atoms with van der Waals surface area (Å²) in [5.74, 6) is 1.17. The Morgan fingerprint density at radius 2 is 2.09 bits per heavy atom. The number of nitrogens with one attached hydrogen (secondary N) is 1. The second-order valence-electron chi connectivity index (χ2n) is 6.40. The molecule has 1 saturated heterocycles. The van der Waals surface area contributed by atoms with E-state index < -0.39 is 0 Å². The minimum absolute atomic E-state index is 0. The summed E-state index contributed by atoms with van der Waals surface area (Å²) in [6.45, 7) is 1.78. The topological polar surface area (TPSA) is 41.6 Å². The van der Waals surface area contributed by atoms with Crippen LogP contribution in [0, 0.1) is 0 Å². The van der Waals surface area contributed by atoms with Crippen LogP contribution in [0.3, 0.4) is 0 Å². The molecule has 0 radical (unpaired) electrons. The van der Waals surface area contributed by atoms with Gasteiger partial charge in [-0.3, -0.25) is 4.79 Å². The van der Waals surface area contributed by atoms with Gasteiger partial charge >= 0.3 is 0 Å². The highest BCUT2D eigenvalue weighted by Gasteiger charge is 2.33. The highest BCUT2D eigenvalue weighted by molar-refractivity contribution is 5.85. The van der Waals surface area contributed by atoms with Crippen molar-refractivity contribution in [3.63, 3.8) is 0 Å². The van der Waals surface area contributed by atoms with Crippen LogP contribution in [0.5, 0.6) is 5.75 Å². The van der Waals surface area contributed by atoms with E-state index in [9.17, 15) is 4.79 Å². The number of ether oxygens (including phenoxy) is 1. The van der Waals surface area contributed by atoms with E-state index in [-0.39, 0.29) is 12.4 Å². The highest BCUT2D eigenvalue weighted by atomic mass is 35.5. The summed E-state index contributed by atoms with van der Waals surface area (Å²) >= 11 is 0. The summed E-state index contributed by atoms with van der Waals surface area (Å²) in [6.07, 6.45) is 6.36. The van der Waals surface area contributed by atoms with Gasteiger partial charge < -0.3 is 15.0 Å². The first-order valence-electron chi connectivity index (χ1n) is 8.42. The lowest BCUT2D eigenvalue weighted by Crippen LogP contribution is -2.34. The van der Waals surface area contributed by atoms with Crippen molar-refractivity contribution in [2.75, 3.05) is 13.7 Å². The molecule has 1 aromatic rings. The molecule has 2 aliphatic rings. The molecule has 4 nitrogen and oxygen atoms in total. The second-order valence-corrected chi connectivity index (χ2v) is 6.40. The molecule has 1 N–H and O–H groups in total. The Morgan fingerprint density at radius 3 is 2.74 bits per heavy atom. The van der Waals surface area contributed by atoms with Gasteiger partial charge in [-0.25, -0.2) is 0 Å². The number of methoxy groups -OCH3 is 1. The van der Waals surface area contributed by atoms with Gasteiger partial charge in [-0.05, 0) is 44.7 Å². The lowest BCUT2D eigenvalue weighted by Gasteiger charge is -2.24. The quantitative estimate of drug-likeness (QED) is 0.830. The van der Waals surface area contributed by atoms with E-state index in [0.29, 0.717) is 31.0 Å². The summed E-state index contributed by atoms with van der Waals surface area (Å²) in [5, 5.41) is 3.47. The van der Waals surface area contributed by atoms with Crippen molar-refractivity contribution in [3.8, 4) is 5.75 Å². The number of halogens is 1. The molecule has 5 heteroatoms. The monoisotopic (exact) mass is 338 g/mol. The molecule has 2 fully saturated rings. The van der Waals surface area contributed by atoms with Crippen molar-refractivity contribution in [3.05, 3.63) is 29.8 Å². The van der Waals surface area contributed by atoms with E-state index in [1.165, 1.54) is 12.8 Å². The van der Waals surface area contributed by atoms with Gasteiger partial charge in [0.05, 0.1) is 7.11 Å². The van der Waals surface area contributed by atoms with Crippen LogP contribution in [0.25, 0.3) is 0 Å². The Hall–Kier alpha value is -1.26. The summed E-state index contributed by atoms with van der Waals surface area (Å²) < 4.78 is 5.42. The predicted octanol–water partition coefficient (Wildman–Crippen LogP) is 3.14. The average molecular weight is 339 g/mol. The van der Waals surface area contributed by atoms with Gasteiger partial charge in [-0.1, -0.05) is 18.2 Å². The zero-order valence-electron chi connectivity index (χ0n) is 13.8. The van der Waals surface area contributed by atoms with Crippen molar-refractivity contribution in [2.45, 2.75) is 57.2 Å². The molecule has 0 bridgehead atoms. The number of hydrogen-bond acceptors (Lipinski definition) is 3. The molecule has 1 aromatic carbocycles. The first-order chi connectivity index (χ1) is 10.8. The Kier molecular flexibility index (Phi) is 6.72. The van der Waals surface area contributed by atoms with Gasteiger partial charge in [0.15, 0.2) is 0 Å². The number of para-hydroxylation sites is 1. The molecule has 128 valence electrons. The van der Waals surface area contributed by atoms with Gasteiger partial charge in [-0.2, -0.15) is 0 Å². The van der Waals surface area contributed by atoms with E-state index in [1.807, 2.05) is 18.2 Å². The SMILES string of the molecule is COc1ccccc1CN(C(=O)CCC1CCCN1)C1CC1.Cl. The maximum atomic E-state index is 12.6. The van der Waals surface area contributed by atoms with Gasteiger partial charge in [0.2, 0.25) is 5.91 Å². The number of carbonyl (C=O) groups is 1. The third-order valence-corrected chi connectivity index (χ3v) is 4.71. The van der Waals surface area contributed by atoms with E-state index in [1.54, 1.807) is 7.11 Å². The molecular weight excluding hydrogens is 312 g/mol. The lowest BCUT2D eigenvalue weighted by atomic mass is 10.1. The molecule has 1 saturated carbocycles. The van der Waals surface area contributed by atoms with Crippen LogP contribution in [0.15, 0.2) is 24.3 Å². The van der Waals surface area contributed by atoms with E-state index >= 15 is 0 Å². The number of hydrogen-bond donors (Lipinski definition) is 1. The maximum Gasteiger partial charge on any atom is 0.223 e. The largest absolute Gasteiger partial charge is 0.496 e. The minimum Gasteiger partial charge on any atom is -0.496 e. The zero-order valence-corrected chi connectivity index (χ0v) is 14.6. The molecule has 0 spiro atoms. The van der Waals surface area contributed by atoms with Crippen LogP contribution in [-0.4, -0.2) is 36.5 Å². The Balaban J connectivity index is 0.00000192. The molecule has 0 aromatic heterocycles. The summed E-state index contributed by atoms with van der Waals surface area (Å²) in [6, 6.07) is 8.98. The number of benzene rings is 1. The first-order valence-corrected chi connectivity index (χ1v) is 8.42. The summed E-state index contributed by atoms with van der Waals surface area (Å²) in [5.41, 5.74) is 1.10. The van der Waals surface area contributed by atoms with Crippen LogP contribution < -0.4 is 10.1 Å². The normalized spacial score (nSPS) is 20.0. The zero-order chi connectivity index (χ0) is 15.4. The molecule has 1 amide bonds. The van der Waals surface area contributed by atoms with Crippen LogP contribution in [0.1, 0.15) is 44.1 Å². The highest BCUT2D eigenvalue weighted by Crippen LogP contribution is 2.31. The third-order valence-electron chi connectivity index (χ3n) is 4.71. The number of carbonyl (C=O) groups excluding carboxylic acids is 1. The minimum atomic E-state index is 0. The lowest BCUT2D eigenvalue weighted by molar-refractivity contribution is -0.132. The maximum absolute atomic E-state index is 12.6. The van der Waals surface area contributed by atoms with Gasteiger partial charge in [0.25, 0.3) is 0 Å². The fraction of sp³-hybridized carbons (Fsp3) is 0.611. The Labute approximate surface area is 145 Å². The molecule has 1 heterocycles. The number of rotatable bonds is 7. The molecule has 1 aliphatic heterocycles. The first kappa shape index (κ1) is 18.1. The third kappa shape index (κ3) is 4.85. The van der Waals surface area contributed by atoms with Crippen molar-refractivity contribution < 1.29 is 9.53 Å². The fourth-order valence-corrected chi connectivity index (χ4v) is 3.27. The summed E-state index contributed by atoms with van der Waals surface area (Å²) in [4.78, 5) is 14.7. The van der Waals surface area contributed by atoms with E-state index in [0.717, 1.165) is 37.1 Å². The standard InChI is InChI=1S/C18H26N2O2.ClH/c1-22-17-7-3-2-5-14(17)13-20(16-9-10-16)18(21)11-8-15-6-4-12-19-15;/h2-3,5,7,15-16,19H,4,6,8-13H2,1H3;1H. The van der Waals surface area contributed by atoms with Gasteiger partial charge in [0, 0.05) is 30.6 Å². The van der Waals surface area contributed by atoms with Crippen LogP contribution >= 0.6 is 12.4 Å². The second kappa shape index (κ2) is 8.55. The summed E-state index contributed by atoms with van der Waals surface area (Å²) in [7, 11) is 1.69. The average Bonchev–Trinajstić information content (AvgIpc) is 3.25. The predicted molar refractivity (Wildman–Crippen MR) is 94.1 cm³/mol. The number of nitrogens with zero attached hydrogens (tertiary/aromatic N) is 1. The van der Waals surface area contributed by atoms with Crippen molar-refractivity contribution in [1.82, 2.24) is 10.2 Å². The molecule has 1 aliphatic carbocycles. The van der Waals surface area contributed by atoms with E-state index in [2.05, 4.69) is 16.3 Å². The van der Waals surface area contributed by atoms with Crippen LogP contribution in [-0.2, 0) is 11.3 Å². The van der Waals surface area contributed by atoms with E-state index in [4.69, 9.17) is 4.74 Å². The number of amides is 1. The molecule has 1 atom stereocenters. The van der Waals surface area contributed by atoms with Gasteiger partial charge in [0.1, 0.15) is 5.75 Å². The van der Waals surface area contributed by atoms with Crippen LogP contribution in [0.4, 0.5) is 0 Å². The molecule has 3 rings (SSSR count). The fourth-order valence-electron chi connectivity index (χ4n) is 3.27. The molecule has 23 heavy (non-hydrogen) atoms. The van der Waals surface area contributed by atoms with Crippen molar-refractivity contribution >= 4 is 18.3 Å². The molecular formula is C18H27ClN2O2. The Bertz CT molecular complexity index is 513. The Morgan fingerprint density at radius 1 is 1.30 bits per heavy atom. The van der Waals surface area contributed by atoms with Crippen molar-refractivity contribution in [1.29, 1.82) is 0 Å². The van der Waals surface area contributed by atoms with Gasteiger partial charge in [-0.15, -0.1) is 12.4 Å². The van der Waals surface area contributed by atoms with Crippen molar-refractivity contribution in [2.24, 2.45) is 0 Å². The molecule has 1 unspecified atom stereocenters. The van der Waals surface area contributed by atoms with Crippen LogP contribution in [0.2, 0.25) is 0 Å². The smallest absolute Gasteiger partial charge is 0.223 e.